The molecule has 0 N–H and O–H groups in total. The van der Waals surface area contributed by atoms with Crippen LogP contribution in [0.4, 0.5) is 4.39 Å². The minimum Gasteiger partial charge on any atom is -0.293 e. The molecule has 1 aromatic carbocycles. The fourth-order valence-corrected chi connectivity index (χ4v) is 5.94. The molecule has 2 aromatic heterocycles. The Morgan fingerprint density at radius 3 is 2.66 bits per heavy atom. The minimum atomic E-state index is -0.369. The quantitative estimate of drug-likeness (QED) is 0.303. The monoisotopic (exact) mass is 464 g/mol. The first-order valence-electron chi connectivity index (χ1n) is 10.7. The van der Waals surface area contributed by atoms with Crippen LogP contribution >= 0.6 is 23.1 Å². The molecule has 0 bridgehead atoms. The van der Waals surface area contributed by atoms with E-state index in [0.29, 0.717) is 22.1 Å². The van der Waals surface area contributed by atoms with E-state index in [-0.39, 0.29) is 22.8 Å². The second-order valence-corrected chi connectivity index (χ2v) is 11.1. The highest BCUT2D eigenvalue weighted by Crippen LogP contribution is 2.43. The molecule has 0 fully saturated rings. The topological polar surface area (TPSA) is 53.8 Å². The predicted molar refractivity (Wildman–Crippen MR) is 129 cm³/mol. The van der Waals surface area contributed by atoms with Gasteiger partial charge in [-0.2, -0.15) is 5.26 Å². The molecule has 1 aliphatic rings. The van der Waals surface area contributed by atoms with Crippen molar-refractivity contribution in [1.29, 1.82) is 5.26 Å². The number of Topliss-reactive ketones (excluding diaryl/α,β-unsaturated/α-hetero) is 1. The van der Waals surface area contributed by atoms with Gasteiger partial charge in [0.25, 0.3) is 0 Å². The minimum absolute atomic E-state index is 0.108. The summed E-state index contributed by atoms with van der Waals surface area (Å²) in [4.78, 5) is 18.7. The van der Waals surface area contributed by atoms with Crippen molar-refractivity contribution in [2.24, 2.45) is 11.3 Å². The van der Waals surface area contributed by atoms with Crippen LogP contribution in [0.1, 0.15) is 54.4 Å². The largest absolute Gasteiger partial charge is 0.293 e. The zero-order valence-electron chi connectivity index (χ0n) is 18.4. The number of hydrogen-bond donors (Lipinski definition) is 0. The Balaban J connectivity index is 1.72. The third kappa shape index (κ3) is 4.65. The highest BCUT2D eigenvalue weighted by molar-refractivity contribution is 8.00. The maximum Gasteiger partial charge on any atom is 0.173 e. The van der Waals surface area contributed by atoms with Crippen molar-refractivity contribution < 1.29 is 9.18 Å². The summed E-state index contributed by atoms with van der Waals surface area (Å²) in [5.74, 6) is 0.193. The molecule has 1 atom stereocenters. The number of halogens is 1. The van der Waals surface area contributed by atoms with E-state index in [9.17, 15) is 14.4 Å². The third-order valence-electron chi connectivity index (χ3n) is 6.14. The summed E-state index contributed by atoms with van der Waals surface area (Å²) in [6, 6.07) is 12.0. The first-order chi connectivity index (χ1) is 15.3. The van der Waals surface area contributed by atoms with Gasteiger partial charge in [0.2, 0.25) is 0 Å². The number of thiophene rings is 1. The number of pyridine rings is 1. The van der Waals surface area contributed by atoms with Gasteiger partial charge in [-0.05, 0) is 71.9 Å². The van der Waals surface area contributed by atoms with Gasteiger partial charge in [0.1, 0.15) is 16.9 Å². The van der Waals surface area contributed by atoms with Crippen molar-refractivity contribution in [2.45, 2.75) is 45.1 Å². The molecule has 0 aliphatic heterocycles. The van der Waals surface area contributed by atoms with E-state index in [1.807, 2.05) is 11.4 Å². The summed E-state index contributed by atoms with van der Waals surface area (Å²) in [6.07, 6.45) is 2.87. The van der Waals surface area contributed by atoms with E-state index in [1.165, 1.54) is 41.6 Å². The molecule has 0 saturated carbocycles. The number of benzene rings is 1. The van der Waals surface area contributed by atoms with Gasteiger partial charge < -0.3 is 0 Å². The summed E-state index contributed by atoms with van der Waals surface area (Å²) < 4.78 is 13.2. The first kappa shape index (κ1) is 22.7. The first-order valence-corrected chi connectivity index (χ1v) is 12.6. The average Bonchev–Trinajstić information content (AvgIpc) is 3.30. The van der Waals surface area contributed by atoms with Gasteiger partial charge in [-0.1, -0.05) is 38.6 Å². The van der Waals surface area contributed by atoms with Crippen LogP contribution in [0.25, 0.3) is 10.4 Å². The number of hydrogen-bond acceptors (Lipinski definition) is 5. The molecule has 0 amide bonds. The zero-order valence-corrected chi connectivity index (χ0v) is 20.1. The zero-order chi connectivity index (χ0) is 22.9. The van der Waals surface area contributed by atoms with E-state index in [2.05, 4.69) is 32.9 Å². The molecule has 6 heteroatoms. The summed E-state index contributed by atoms with van der Waals surface area (Å²) in [5, 5.41) is 12.7. The van der Waals surface area contributed by atoms with Gasteiger partial charge in [0.15, 0.2) is 5.78 Å². The number of aromatic nitrogens is 1. The van der Waals surface area contributed by atoms with Crippen molar-refractivity contribution in [3.8, 4) is 16.5 Å². The lowest BCUT2D eigenvalue weighted by Crippen LogP contribution is -2.28. The van der Waals surface area contributed by atoms with E-state index in [1.54, 1.807) is 11.3 Å². The van der Waals surface area contributed by atoms with Crippen LogP contribution in [0, 0.1) is 28.5 Å². The summed E-state index contributed by atoms with van der Waals surface area (Å²) in [6.45, 7) is 6.80. The number of ketones is 1. The van der Waals surface area contributed by atoms with Crippen molar-refractivity contribution in [2.75, 3.05) is 5.75 Å². The molecule has 3 aromatic rings. The lowest BCUT2D eigenvalue weighted by atomic mass is 9.71. The third-order valence-corrected chi connectivity index (χ3v) is 8.01. The van der Waals surface area contributed by atoms with Crippen LogP contribution in [0.2, 0.25) is 0 Å². The van der Waals surface area contributed by atoms with Crippen molar-refractivity contribution in [3.63, 3.8) is 0 Å². The van der Waals surface area contributed by atoms with Crippen molar-refractivity contribution in [1.82, 2.24) is 4.98 Å². The fourth-order valence-electron chi connectivity index (χ4n) is 4.23. The Hall–Kier alpha value is -2.49. The van der Waals surface area contributed by atoms with Crippen LogP contribution in [0.15, 0.2) is 46.8 Å². The molecular weight excluding hydrogens is 439 g/mol. The second-order valence-electron chi connectivity index (χ2n) is 9.21. The number of fused-ring (bicyclic) bond motifs is 1. The Morgan fingerprint density at radius 1 is 1.28 bits per heavy atom. The molecular formula is C26H25FN2OS2. The standard InChI is InChI=1S/C26H25FN2OS2/c1-26(2,3)17-8-11-19-21(13-17)29-25(20(14-28)24(19)23-5-4-12-31-23)32-15-22(30)16-6-9-18(27)10-7-16/h4-7,9-10,12,17H,8,11,13,15H2,1-3H3/t17-/m1/s1. The van der Waals surface area contributed by atoms with Crippen LogP contribution in [-0.2, 0) is 12.8 Å². The average molecular weight is 465 g/mol. The second kappa shape index (κ2) is 9.17. The lowest BCUT2D eigenvalue weighted by molar-refractivity contribution is 0.102. The van der Waals surface area contributed by atoms with Crippen LogP contribution < -0.4 is 0 Å². The van der Waals surface area contributed by atoms with Gasteiger partial charge in [-0.25, -0.2) is 9.37 Å². The number of thioether (sulfide) groups is 1. The van der Waals surface area contributed by atoms with Crippen molar-refractivity contribution >= 4 is 28.9 Å². The highest BCUT2D eigenvalue weighted by Gasteiger charge is 2.32. The molecule has 3 nitrogen and oxygen atoms in total. The molecule has 1 aliphatic carbocycles. The molecule has 4 rings (SSSR count). The van der Waals surface area contributed by atoms with Gasteiger partial charge in [-0.15, -0.1) is 11.3 Å². The summed E-state index contributed by atoms with van der Waals surface area (Å²) in [7, 11) is 0. The highest BCUT2D eigenvalue weighted by atomic mass is 32.2. The summed E-state index contributed by atoms with van der Waals surface area (Å²) in [5.41, 5.74) is 4.41. The Labute approximate surface area is 196 Å². The maximum atomic E-state index is 13.2. The smallest absolute Gasteiger partial charge is 0.173 e. The van der Waals surface area contributed by atoms with Crippen LogP contribution in [0.5, 0.6) is 0 Å². The number of carbonyl (C=O) groups excluding carboxylic acids is 1. The Morgan fingerprint density at radius 2 is 2.03 bits per heavy atom. The predicted octanol–water partition coefficient (Wildman–Crippen LogP) is 6.95. The Bertz CT molecular complexity index is 1170. The molecule has 0 unspecified atom stereocenters. The number of carbonyl (C=O) groups is 1. The number of nitrogens with zero attached hydrogens (tertiary/aromatic N) is 2. The lowest BCUT2D eigenvalue weighted by Gasteiger charge is -2.35. The molecule has 0 saturated heterocycles. The van der Waals surface area contributed by atoms with Gasteiger partial charge >= 0.3 is 0 Å². The Kier molecular flexibility index (Phi) is 6.50. The number of nitriles is 1. The van der Waals surface area contributed by atoms with Crippen molar-refractivity contribution in [3.05, 3.63) is 70.0 Å². The van der Waals surface area contributed by atoms with Crippen LogP contribution in [-0.4, -0.2) is 16.5 Å². The van der Waals surface area contributed by atoms with Gasteiger partial charge in [0.05, 0.1) is 11.3 Å². The molecule has 2 heterocycles. The molecule has 0 spiro atoms. The molecule has 164 valence electrons. The molecule has 32 heavy (non-hydrogen) atoms. The fraction of sp³-hybridized carbons (Fsp3) is 0.346. The normalized spacial score (nSPS) is 15.8. The summed E-state index contributed by atoms with van der Waals surface area (Å²) >= 11 is 2.92. The molecule has 0 radical (unpaired) electrons. The SMILES string of the molecule is CC(C)(C)[C@@H]1CCc2c(nc(SCC(=O)c3ccc(F)cc3)c(C#N)c2-c2cccs2)C1. The van der Waals surface area contributed by atoms with Gasteiger partial charge in [0, 0.05) is 21.7 Å². The maximum absolute atomic E-state index is 13.2. The number of rotatable bonds is 5. The van der Waals surface area contributed by atoms with Gasteiger partial charge in [-0.3, -0.25) is 4.79 Å². The van der Waals surface area contributed by atoms with E-state index in [0.717, 1.165) is 35.4 Å². The van der Waals surface area contributed by atoms with E-state index < -0.39 is 0 Å². The van der Waals surface area contributed by atoms with Crippen LogP contribution in [0.3, 0.4) is 0 Å². The van der Waals surface area contributed by atoms with E-state index >= 15 is 0 Å². The van der Waals surface area contributed by atoms with E-state index in [4.69, 9.17) is 4.98 Å².